The lowest BCUT2D eigenvalue weighted by atomic mass is 9.97. The first-order chi connectivity index (χ1) is 9.78. The van der Waals surface area contributed by atoms with E-state index in [0.717, 1.165) is 24.0 Å². The van der Waals surface area contributed by atoms with E-state index in [2.05, 4.69) is 30.3 Å². The summed E-state index contributed by atoms with van der Waals surface area (Å²) in [5, 5.41) is 10.5. The van der Waals surface area contributed by atoms with Crippen molar-refractivity contribution in [3.63, 3.8) is 0 Å². The third-order valence-corrected chi connectivity index (χ3v) is 4.17. The lowest BCUT2D eigenvalue weighted by molar-refractivity contribution is 0.220. The minimum absolute atomic E-state index is 0.534. The summed E-state index contributed by atoms with van der Waals surface area (Å²) in [5.41, 5.74) is 11.6. The molecule has 0 radical (unpaired) electrons. The molecule has 0 bridgehead atoms. The fourth-order valence-corrected chi connectivity index (χ4v) is 2.99. The average molecular weight is 267 g/mol. The van der Waals surface area contributed by atoms with E-state index in [0.29, 0.717) is 6.54 Å². The predicted octanol–water partition coefficient (Wildman–Crippen LogP) is 2.76. The van der Waals surface area contributed by atoms with Gasteiger partial charge in [-0.25, -0.2) is 0 Å². The normalized spacial score (nSPS) is 15.1. The second-order valence-electron chi connectivity index (χ2n) is 5.56. The first-order valence-corrected chi connectivity index (χ1v) is 7.36. The summed E-state index contributed by atoms with van der Waals surface area (Å²) in [6.07, 6.45) is 3.91. The molecule has 0 heterocycles. The summed E-state index contributed by atoms with van der Waals surface area (Å²) in [6.45, 7) is 0.659. The third-order valence-electron chi connectivity index (χ3n) is 4.17. The van der Waals surface area contributed by atoms with Crippen molar-refractivity contribution in [1.29, 1.82) is 0 Å². The fourth-order valence-electron chi connectivity index (χ4n) is 2.99. The number of hydrogen-bond acceptors (Lipinski definition) is 2. The molecule has 0 saturated carbocycles. The lowest BCUT2D eigenvalue weighted by Crippen LogP contribution is -2.04. The first kappa shape index (κ1) is 13.3. The van der Waals surface area contributed by atoms with Gasteiger partial charge in [0.05, 0.1) is 0 Å². The molecular formula is C18H21NO. The molecule has 1 atom stereocenters. The van der Waals surface area contributed by atoms with Gasteiger partial charge in [0, 0.05) is 0 Å². The van der Waals surface area contributed by atoms with Crippen molar-refractivity contribution in [2.24, 2.45) is 5.73 Å². The molecule has 1 unspecified atom stereocenters. The van der Waals surface area contributed by atoms with Crippen LogP contribution in [0, 0.1) is 0 Å². The highest BCUT2D eigenvalue weighted by molar-refractivity contribution is 5.39. The monoisotopic (exact) mass is 267 g/mol. The molecule has 0 fully saturated rings. The highest BCUT2D eigenvalue weighted by atomic mass is 16.3. The molecule has 2 aromatic carbocycles. The number of nitrogens with two attached hydrogens (primary N) is 1. The van der Waals surface area contributed by atoms with Crippen LogP contribution in [0.2, 0.25) is 0 Å². The van der Waals surface area contributed by atoms with Gasteiger partial charge in [-0.2, -0.15) is 0 Å². The predicted molar refractivity (Wildman–Crippen MR) is 81.7 cm³/mol. The van der Waals surface area contributed by atoms with Gasteiger partial charge in [0.25, 0.3) is 0 Å². The van der Waals surface area contributed by atoms with Crippen LogP contribution in [0.3, 0.4) is 0 Å². The van der Waals surface area contributed by atoms with Gasteiger partial charge < -0.3 is 10.8 Å². The Kier molecular flexibility index (Phi) is 3.86. The lowest BCUT2D eigenvalue weighted by Gasteiger charge is -2.13. The summed E-state index contributed by atoms with van der Waals surface area (Å²) in [6, 6.07) is 14.5. The Hall–Kier alpha value is -1.64. The van der Waals surface area contributed by atoms with Gasteiger partial charge in [-0.05, 0) is 60.0 Å². The molecule has 2 nitrogen and oxygen atoms in total. The maximum absolute atomic E-state index is 10.5. The maximum atomic E-state index is 10.5. The van der Waals surface area contributed by atoms with Gasteiger partial charge in [0.15, 0.2) is 0 Å². The van der Waals surface area contributed by atoms with Crippen molar-refractivity contribution >= 4 is 0 Å². The summed E-state index contributed by atoms with van der Waals surface area (Å²) >= 11 is 0. The second kappa shape index (κ2) is 5.78. The van der Waals surface area contributed by atoms with Crippen LogP contribution in [0.1, 0.15) is 40.3 Å². The molecule has 2 heteroatoms. The van der Waals surface area contributed by atoms with Crippen molar-refractivity contribution in [2.75, 3.05) is 6.54 Å². The molecule has 0 aromatic heterocycles. The molecule has 3 rings (SSSR count). The van der Waals surface area contributed by atoms with E-state index in [4.69, 9.17) is 5.73 Å². The highest BCUT2D eigenvalue weighted by Crippen LogP contribution is 2.28. The summed E-state index contributed by atoms with van der Waals surface area (Å²) in [4.78, 5) is 0. The van der Waals surface area contributed by atoms with Gasteiger partial charge in [0.1, 0.15) is 6.10 Å². The number of aryl methyl sites for hydroxylation is 2. The van der Waals surface area contributed by atoms with Crippen LogP contribution in [0.25, 0.3) is 0 Å². The van der Waals surface area contributed by atoms with E-state index < -0.39 is 6.10 Å². The third kappa shape index (κ3) is 2.62. The molecule has 0 amide bonds. The van der Waals surface area contributed by atoms with Gasteiger partial charge in [-0.3, -0.25) is 0 Å². The number of hydrogen-bond donors (Lipinski definition) is 2. The van der Waals surface area contributed by atoms with Gasteiger partial charge in [-0.15, -0.1) is 0 Å². The van der Waals surface area contributed by atoms with Crippen LogP contribution >= 0.6 is 0 Å². The molecule has 1 aliphatic carbocycles. The number of fused-ring (bicyclic) bond motifs is 1. The summed E-state index contributed by atoms with van der Waals surface area (Å²) in [5.74, 6) is 0. The largest absolute Gasteiger partial charge is 0.384 e. The molecular weight excluding hydrogens is 246 g/mol. The van der Waals surface area contributed by atoms with Crippen LogP contribution < -0.4 is 5.73 Å². The first-order valence-electron chi connectivity index (χ1n) is 7.36. The topological polar surface area (TPSA) is 46.2 Å². The minimum Gasteiger partial charge on any atom is -0.384 e. The standard InChI is InChI=1S/C18H21NO/c19-11-10-13-4-6-15(7-5-13)18(20)17-9-8-14-2-1-3-16(14)12-17/h4-9,12,18,20H,1-3,10-11,19H2. The van der Waals surface area contributed by atoms with E-state index >= 15 is 0 Å². The molecule has 1 aliphatic rings. The van der Waals surface area contributed by atoms with Crippen LogP contribution in [0.15, 0.2) is 42.5 Å². The van der Waals surface area contributed by atoms with E-state index in [1.165, 1.54) is 29.5 Å². The zero-order valence-electron chi connectivity index (χ0n) is 11.7. The van der Waals surface area contributed by atoms with E-state index in [-0.39, 0.29) is 0 Å². The second-order valence-corrected chi connectivity index (χ2v) is 5.56. The number of rotatable bonds is 4. The Morgan fingerprint density at radius 1 is 0.950 bits per heavy atom. The smallest absolute Gasteiger partial charge is 0.104 e. The molecule has 0 spiro atoms. The SMILES string of the molecule is NCCc1ccc(C(O)c2ccc3c(c2)CCC3)cc1. The van der Waals surface area contributed by atoms with Crippen molar-refractivity contribution in [1.82, 2.24) is 0 Å². The Morgan fingerprint density at radius 3 is 2.40 bits per heavy atom. The Morgan fingerprint density at radius 2 is 1.65 bits per heavy atom. The summed E-state index contributed by atoms with van der Waals surface area (Å²) in [7, 11) is 0. The number of benzene rings is 2. The van der Waals surface area contributed by atoms with Crippen LogP contribution in [-0.4, -0.2) is 11.7 Å². The van der Waals surface area contributed by atoms with Crippen LogP contribution in [0.4, 0.5) is 0 Å². The highest BCUT2D eigenvalue weighted by Gasteiger charge is 2.15. The van der Waals surface area contributed by atoms with Crippen LogP contribution in [-0.2, 0) is 19.3 Å². The molecule has 0 saturated heterocycles. The molecule has 20 heavy (non-hydrogen) atoms. The van der Waals surface area contributed by atoms with E-state index in [1.54, 1.807) is 0 Å². The summed E-state index contributed by atoms with van der Waals surface area (Å²) < 4.78 is 0. The zero-order valence-corrected chi connectivity index (χ0v) is 11.7. The number of aliphatic hydroxyl groups excluding tert-OH is 1. The van der Waals surface area contributed by atoms with Crippen LogP contribution in [0.5, 0.6) is 0 Å². The molecule has 104 valence electrons. The van der Waals surface area contributed by atoms with Gasteiger partial charge in [-0.1, -0.05) is 42.5 Å². The quantitative estimate of drug-likeness (QED) is 0.894. The van der Waals surface area contributed by atoms with E-state index in [9.17, 15) is 5.11 Å². The molecule has 2 aromatic rings. The average Bonchev–Trinajstić information content (AvgIpc) is 2.95. The fraction of sp³-hybridized carbons (Fsp3) is 0.333. The van der Waals surface area contributed by atoms with Crippen molar-refractivity contribution < 1.29 is 5.11 Å². The molecule has 3 N–H and O–H groups in total. The Labute approximate surface area is 120 Å². The number of aliphatic hydroxyl groups is 1. The van der Waals surface area contributed by atoms with Gasteiger partial charge in [0.2, 0.25) is 0 Å². The van der Waals surface area contributed by atoms with Gasteiger partial charge >= 0.3 is 0 Å². The van der Waals surface area contributed by atoms with Crippen molar-refractivity contribution in [3.8, 4) is 0 Å². The van der Waals surface area contributed by atoms with Crippen molar-refractivity contribution in [3.05, 3.63) is 70.3 Å². The van der Waals surface area contributed by atoms with Crippen molar-refractivity contribution in [2.45, 2.75) is 31.8 Å². The Balaban J connectivity index is 1.82. The minimum atomic E-state index is -0.534. The van der Waals surface area contributed by atoms with E-state index in [1.807, 2.05) is 12.1 Å². The maximum Gasteiger partial charge on any atom is 0.104 e. The Bertz CT molecular complexity index is 589. The molecule has 0 aliphatic heterocycles. The zero-order chi connectivity index (χ0) is 13.9.